The molecule has 1 amide bonds. The van der Waals surface area contributed by atoms with Crippen LogP contribution in [0.3, 0.4) is 0 Å². The Hall–Kier alpha value is -1.50. The van der Waals surface area contributed by atoms with Gasteiger partial charge < -0.3 is 10.1 Å². The van der Waals surface area contributed by atoms with Crippen LogP contribution in [0.2, 0.25) is 0 Å². The largest absolute Gasteiger partial charge is 0.463 e. The highest BCUT2D eigenvalue weighted by Crippen LogP contribution is 2.12. The van der Waals surface area contributed by atoms with E-state index in [2.05, 4.69) is 19.4 Å². The molecule has 0 spiro atoms. The molecule has 0 saturated heterocycles. The summed E-state index contributed by atoms with van der Waals surface area (Å²) in [4.78, 5) is 26.1. The van der Waals surface area contributed by atoms with Gasteiger partial charge in [0.15, 0.2) is 0 Å². The summed E-state index contributed by atoms with van der Waals surface area (Å²) in [6.45, 7) is 3.52. The summed E-state index contributed by atoms with van der Waals surface area (Å²) in [6.07, 6.45) is 0. The molecule has 1 rings (SSSR count). The fourth-order valence-corrected chi connectivity index (χ4v) is 1.26. The van der Waals surface area contributed by atoms with Crippen LogP contribution >= 0.6 is 11.5 Å². The van der Waals surface area contributed by atoms with Crippen molar-refractivity contribution in [1.82, 2.24) is 9.36 Å². The molecular formula is C8H11N3O3S. The lowest BCUT2D eigenvalue weighted by molar-refractivity contribution is -0.118. The number of nitrogens with zero attached hydrogens (tertiary/aromatic N) is 2. The van der Waals surface area contributed by atoms with Gasteiger partial charge in [-0.3, -0.25) is 4.79 Å². The summed E-state index contributed by atoms with van der Waals surface area (Å²) >= 11 is 0.945. The zero-order chi connectivity index (χ0) is 11.4. The molecule has 7 heteroatoms. The number of hydrogen-bond donors (Lipinski definition) is 1. The summed E-state index contributed by atoms with van der Waals surface area (Å²) in [7, 11) is 1.25. The molecule has 0 saturated carbocycles. The van der Waals surface area contributed by atoms with E-state index in [-0.39, 0.29) is 17.6 Å². The summed E-state index contributed by atoms with van der Waals surface area (Å²) in [6, 6.07) is 0. The van der Waals surface area contributed by atoms with Crippen LogP contribution in [0.5, 0.6) is 0 Å². The minimum absolute atomic E-state index is 0.0402. The SMILES string of the molecule is COC(=O)c1nsc(NC(=O)C(C)C)n1. The third kappa shape index (κ3) is 2.98. The van der Waals surface area contributed by atoms with Gasteiger partial charge in [0, 0.05) is 17.5 Å². The van der Waals surface area contributed by atoms with Crippen LogP contribution in [0.15, 0.2) is 0 Å². The highest BCUT2D eigenvalue weighted by Gasteiger charge is 2.15. The Morgan fingerprint density at radius 2 is 2.13 bits per heavy atom. The number of nitrogens with one attached hydrogen (secondary N) is 1. The van der Waals surface area contributed by atoms with Gasteiger partial charge in [-0.15, -0.1) is 0 Å². The Bertz CT molecular complexity index is 375. The third-order valence-corrected chi connectivity index (χ3v) is 2.18. The average molecular weight is 229 g/mol. The molecule has 0 aromatic carbocycles. The van der Waals surface area contributed by atoms with Crippen LogP contribution in [-0.2, 0) is 9.53 Å². The Morgan fingerprint density at radius 1 is 1.47 bits per heavy atom. The maximum atomic E-state index is 11.3. The van der Waals surface area contributed by atoms with Gasteiger partial charge in [-0.2, -0.15) is 9.36 Å². The molecule has 0 atom stereocenters. The van der Waals surface area contributed by atoms with E-state index in [1.807, 2.05) is 0 Å². The van der Waals surface area contributed by atoms with Crippen molar-refractivity contribution in [1.29, 1.82) is 0 Å². The zero-order valence-corrected chi connectivity index (χ0v) is 9.42. The van der Waals surface area contributed by atoms with Crippen LogP contribution in [-0.4, -0.2) is 28.3 Å². The molecule has 0 bridgehead atoms. The highest BCUT2D eigenvalue weighted by molar-refractivity contribution is 7.10. The van der Waals surface area contributed by atoms with E-state index in [1.165, 1.54) is 7.11 Å². The monoisotopic (exact) mass is 229 g/mol. The van der Waals surface area contributed by atoms with Gasteiger partial charge >= 0.3 is 5.97 Å². The number of esters is 1. The summed E-state index contributed by atoms with van der Waals surface area (Å²) in [5.74, 6) is -0.962. The first-order valence-corrected chi connectivity index (χ1v) is 5.04. The van der Waals surface area contributed by atoms with Crippen molar-refractivity contribution in [2.24, 2.45) is 5.92 Å². The predicted octanol–water partition coefficient (Wildman–Crippen LogP) is 0.919. The number of aromatic nitrogens is 2. The Kier molecular flexibility index (Phi) is 3.73. The van der Waals surface area contributed by atoms with Crippen LogP contribution in [0.1, 0.15) is 24.5 Å². The maximum absolute atomic E-state index is 11.3. The van der Waals surface area contributed by atoms with Crippen LogP contribution in [0.25, 0.3) is 0 Å². The average Bonchev–Trinajstić information content (AvgIpc) is 2.65. The van der Waals surface area contributed by atoms with E-state index in [4.69, 9.17) is 0 Å². The summed E-state index contributed by atoms with van der Waals surface area (Å²) in [5.41, 5.74) is 0. The van der Waals surface area contributed by atoms with E-state index in [9.17, 15) is 9.59 Å². The smallest absolute Gasteiger partial charge is 0.377 e. The molecule has 1 N–H and O–H groups in total. The fraction of sp³-hybridized carbons (Fsp3) is 0.500. The lowest BCUT2D eigenvalue weighted by Crippen LogP contribution is -2.17. The number of hydrogen-bond acceptors (Lipinski definition) is 6. The van der Waals surface area contributed by atoms with Gasteiger partial charge in [-0.25, -0.2) is 4.79 Å². The minimum atomic E-state index is -0.615. The topological polar surface area (TPSA) is 81.2 Å². The second-order valence-electron chi connectivity index (χ2n) is 3.06. The number of rotatable bonds is 3. The third-order valence-electron chi connectivity index (χ3n) is 1.55. The number of carbonyl (C=O) groups excluding carboxylic acids is 2. The molecule has 15 heavy (non-hydrogen) atoms. The Balaban J connectivity index is 2.69. The number of ether oxygens (including phenoxy) is 1. The van der Waals surface area contributed by atoms with Crippen molar-refractivity contribution in [3.05, 3.63) is 5.82 Å². The molecule has 0 radical (unpaired) electrons. The van der Waals surface area contributed by atoms with Crippen molar-refractivity contribution >= 4 is 28.5 Å². The highest BCUT2D eigenvalue weighted by atomic mass is 32.1. The zero-order valence-electron chi connectivity index (χ0n) is 8.60. The van der Waals surface area contributed by atoms with Gasteiger partial charge in [0.1, 0.15) is 0 Å². The van der Waals surface area contributed by atoms with Gasteiger partial charge in [-0.1, -0.05) is 13.8 Å². The Labute approximate surface area is 90.8 Å². The van der Waals surface area contributed by atoms with E-state index >= 15 is 0 Å². The molecule has 0 unspecified atom stereocenters. The van der Waals surface area contributed by atoms with Crippen molar-refractivity contribution in [3.8, 4) is 0 Å². The normalized spacial score (nSPS) is 10.1. The fourth-order valence-electron chi connectivity index (χ4n) is 0.698. The standard InChI is InChI=1S/C8H11N3O3S/c1-4(2)6(12)10-8-9-5(11-15-8)7(13)14-3/h4H,1-3H3,(H,9,10,11,12). The number of methoxy groups -OCH3 is 1. The maximum Gasteiger partial charge on any atom is 0.377 e. The van der Waals surface area contributed by atoms with Crippen molar-refractivity contribution < 1.29 is 14.3 Å². The van der Waals surface area contributed by atoms with Crippen LogP contribution < -0.4 is 5.32 Å². The predicted molar refractivity (Wildman–Crippen MR) is 54.7 cm³/mol. The van der Waals surface area contributed by atoms with E-state index in [1.54, 1.807) is 13.8 Å². The molecule has 0 aliphatic heterocycles. The summed E-state index contributed by atoms with van der Waals surface area (Å²) < 4.78 is 8.17. The minimum Gasteiger partial charge on any atom is -0.463 e. The molecule has 1 heterocycles. The molecule has 0 aliphatic rings. The second-order valence-corrected chi connectivity index (χ2v) is 3.81. The van der Waals surface area contributed by atoms with E-state index in [0.717, 1.165) is 11.5 Å². The molecule has 82 valence electrons. The molecule has 1 aromatic heterocycles. The number of amides is 1. The van der Waals surface area contributed by atoms with Gasteiger partial charge in [0.25, 0.3) is 5.82 Å². The molecular weight excluding hydrogens is 218 g/mol. The number of anilines is 1. The molecule has 1 aromatic rings. The Morgan fingerprint density at radius 3 is 2.67 bits per heavy atom. The van der Waals surface area contributed by atoms with Crippen molar-refractivity contribution in [3.63, 3.8) is 0 Å². The lowest BCUT2D eigenvalue weighted by atomic mass is 10.2. The van der Waals surface area contributed by atoms with Crippen molar-refractivity contribution in [2.75, 3.05) is 12.4 Å². The van der Waals surface area contributed by atoms with Gasteiger partial charge in [-0.05, 0) is 0 Å². The first-order valence-electron chi connectivity index (χ1n) is 4.27. The quantitative estimate of drug-likeness (QED) is 0.779. The lowest BCUT2D eigenvalue weighted by Gasteiger charge is -2.02. The first-order chi connectivity index (χ1) is 7.04. The number of carbonyl (C=O) groups is 2. The molecule has 0 fully saturated rings. The van der Waals surface area contributed by atoms with Crippen LogP contribution in [0, 0.1) is 5.92 Å². The molecule has 0 aliphatic carbocycles. The van der Waals surface area contributed by atoms with Gasteiger partial charge in [0.2, 0.25) is 11.0 Å². The second kappa shape index (κ2) is 4.83. The van der Waals surface area contributed by atoms with Crippen LogP contribution in [0.4, 0.5) is 5.13 Å². The van der Waals surface area contributed by atoms with E-state index < -0.39 is 5.97 Å². The summed E-state index contributed by atoms with van der Waals surface area (Å²) in [5, 5.41) is 2.84. The molecule has 6 nitrogen and oxygen atoms in total. The van der Waals surface area contributed by atoms with E-state index in [0.29, 0.717) is 5.13 Å². The van der Waals surface area contributed by atoms with Crippen molar-refractivity contribution in [2.45, 2.75) is 13.8 Å². The van der Waals surface area contributed by atoms with Gasteiger partial charge in [0.05, 0.1) is 7.11 Å². The first kappa shape index (κ1) is 11.6.